The Balaban J connectivity index is 1.23. The summed E-state index contributed by atoms with van der Waals surface area (Å²) < 4.78 is 11.7. The molecule has 0 saturated heterocycles. The Labute approximate surface area is 214 Å². The van der Waals surface area contributed by atoms with Crippen LogP contribution in [0.2, 0.25) is 0 Å². The van der Waals surface area contributed by atoms with Crippen molar-refractivity contribution in [2.45, 2.75) is 44.9 Å². The maximum atomic E-state index is 13.4. The molecule has 0 unspecified atom stereocenters. The molecule has 2 aliphatic heterocycles. The quantitative estimate of drug-likeness (QED) is 0.396. The summed E-state index contributed by atoms with van der Waals surface area (Å²) in [7, 11) is 1.61. The summed E-state index contributed by atoms with van der Waals surface area (Å²) in [5, 5.41) is 0. The molecule has 6 rings (SSSR count). The number of hydrogen-bond donors (Lipinski definition) is 1. The van der Waals surface area contributed by atoms with Crippen LogP contribution in [0.3, 0.4) is 0 Å². The molecule has 0 atom stereocenters. The second kappa shape index (κ2) is 8.96. The topological polar surface area (TPSA) is 102 Å². The Kier molecular flexibility index (Phi) is 5.59. The molecule has 8 nitrogen and oxygen atoms in total. The Morgan fingerprint density at radius 3 is 2.41 bits per heavy atom. The van der Waals surface area contributed by atoms with Gasteiger partial charge in [-0.05, 0) is 73.2 Å². The number of nitrogens with two attached hydrogens (primary N) is 1. The molecule has 3 aromatic carbocycles. The van der Waals surface area contributed by atoms with Gasteiger partial charge >= 0.3 is 0 Å². The van der Waals surface area contributed by atoms with Crippen LogP contribution in [0.1, 0.15) is 67.9 Å². The van der Waals surface area contributed by atoms with Gasteiger partial charge in [-0.3, -0.25) is 19.3 Å². The zero-order valence-corrected chi connectivity index (χ0v) is 20.5. The normalized spacial score (nSPS) is 16.9. The maximum Gasteiger partial charge on any atom is 0.261 e. The maximum absolute atomic E-state index is 13.4. The van der Waals surface area contributed by atoms with Crippen molar-refractivity contribution in [1.29, 1.82) is 0 Å². The third-order valence-corrected chi connectivity index (χ3v) is 7.37. The summed E-state index contributed by atoms with van der Waals surface area (Å²) in [6, 6.07) is 15.8. The van der Waals surface area contributed by atoms with E-state index < -0.39 is 0 Å². The minimum Gasteiger partial charge on any atom is -0.493 e. The first-order chi connectivity index (χ1) is 17.9. The minimum absolute atomic E-state index is 0.0781. The van der Waals surface area contributed by atoms with E-state index in [-0.39, 0.29) is 30.4 Å². The molecule has 3 amide bonds. The van der Waals surface area contributed by atoms with Crippen LogP contribution in [-0.4, -0.2) is 35.8 Å². The predicted molar refractivity (Wildman–Crippen MR) is 138 cm³/mol. The second-order valence-corrected chi connectivity index (χ2v) is 9.74. The van der Waals surface area contributed by atoms with Crippen LogP contribution < -0.4 is 20.1 Å². The Morgan fingerprint density at radius 2 is 1.62 bits per heavy atom. The third-order valence-electron chi connectivity index (χ3n) is 7.37. The number of nitrogens with zero attached hydrogens (tertiary/aromatic N) is 2. The zero-order valence-electron chi connectivity index (χ0n) is 20.5. The fraction of sp³-hybridized carbons (Fsp3) is 0.276. The minimum atomic E-state index is -0.381. The van der Waals surface area contributed by atoms with E-state index in [4.69, 9.17) is 15.2 Å². The van der Waals surface area contributed by atoms with Gasteiger partial charge in [-0.25, -0.2) is 0 Å². The summed E-state index contributed by atoms with van der Waals surface area (Å²) in [6.45, 7) is 0.505. The lowest BCUT2D eigenvalue weighted by molar-refractivity contribution is 0.0642. The number of rotatable bonds is 6. The largest absolute Gasteiger partial charge is 0.493 e. The monoisotopic (exact) mass is 497 g/mol. The van der Waals surface area contributed by atoms with Gasteiger partial charge in [0.15, 0.2) is 11.5 Å². The summed E-state index contributed by atoms with van der Waals surface area (Å²) >= 11 is 0. The highest BCUT2D eigenvalue weighted by Crippen LogP contribution is 2.38. The lowest BCUT2D eigenvalue weighted by atomic mass is 10.1. The molecule has 2 heterocycles. The van der Waals surface area contributed by atoms with Crippen molar-refractivity contribution < 1.29 is 23.9 Å². The molecule has 8 heteroatoms. The van der Waals surface area contributed by atoms with Crippen LogP contribution in [0.4, 0.5) is 11.4 Å². The van der Waals surface area contributed by atoms with Crippen molar-refractivity contribution >= 4 is 29.1 Å². The molecule has 0 spiro atoms. The number of amides is 3. The van der Waals surface area contributed by atoms with Gasteiger partial charge in [-0.2, -0.15) is 0 Å². The van der Waals surface area contributed by atoms with Crippen LogP contribution in [-0.2, 0) is 13.1 Å². The molecule has 0 radical (unpaired) electrons. The molecule has 1 fully saturated rings. The molecule has 37 heavy (non-hydrogen) atoms. The number of carbonyl (C=O) groups excluding carboxylic acids is 3. The van der Waals surface area contributed by atoms with Gasteiger partial charge in [0.05, 0.1) is 37.4 Å². The second-order valence-electron chi connectivity index (χ2n) is 9.74. The molecule has 1 aliphatic carbocycles. The van der Waals surface area contributed by atoms with E-state index in [0.29, 0.717) is 46.0 Å². The van der Waals surface area contributed by atoms with Gasteiger partial charge in [0.2, 0.25) is 0 Å². The van der Waals surface area contributed by atoms with Gasteiger partial charge in [-0.1, -0.05) is 12.1 Å². The number of benzene rings is 3. The Hall–Kier alpha value is -4.33. The summed E-state index contributed by atoms with van der Waals surface area (Å²) in [5.74, 6) is 0.409. The number of imide groups is 1. The van der Waals surface area contributed by atoms with E-state index in [2.05, 4.69) is 0 Å². The Morgan fingerprint density at radius 1 is 0.838 bits per heavy atom. The average molecular weight is 498 g/mol. The lowest BCUT2D eigenvalue weighted by Crippen LogP contribution is -2.29. The molecule has 3 aromatic rings. The van der Waals surface area contributed by atoms with Crippen LogP contribution in [0.15, 0.2) is 54.6 Å². The SMILES string of the molecule is COc1ccc(N2Cc3ccc(CN4C(=O)c5ccc(N)cc5C4=O)cc3C2=O)cc1OC1CCCC1. The molecule has 1 saturated carbocycles. The van der Waals surface area contributed by atoms with Crippen LogP contribution >= 0.6 is 0 Å². The lowest BCUT2D eigenvalue weighted by Gasteiger charge is -2.20. The van der Waals surface area contributed by atoms with E-state index in [1.807, 2.05) is 30.3 Å². The van der Waals surface area contributed by atoms with Crippen LogP contribution in [0, 0.1) is 0 Å². The van der Waals surface area contributed by atoms with E-state index in [0.717, 1.165) is 36.9 Å². The third kappa shape index (κ3) is 3.98. The van der Waals surface area contributed by atoms with Gasteiger partial charge in [0.1, 0.15) is 0 Å². The van der Waals surface area contributed by atoms with Crippen molar-refractivity contribution in [2.75, 3.05) is 17.7 Å². The molecule has 2 N–H and O–H groups in total. The number of ether oxygens (including phenoxy) is 2. The molecule has 3 aliphatic rings. The van der Waals surface area contributed by atoms with Crippen molar-refractivity contribution in [3.63, 3.8) is 0 Å². The average Bonchev–Trinajstić information content (AvgIpc) is 3.59. The number of anilines is 2. The number of nitrogen functional groups attached to an aromatic ring is 1. The highest BCUT2D eigenvalue weighted by Gasteiger charge is 2.36. The number of hydrogen-bond acceptors (Lipinski definition) is 6. The fourth-order valence-corrected chi connectivity index (χ4v) is 5.40. The summed E-state index contributed by atoms with van der Waals surface area (Å²) in [4.78, 5) is 42.0. The van der Waals surface area contributed by atoms with Gasteiger partial charge < -0.3 is 20.1 Å². The van der Waals surface area contributed by atoms with Gasteiger partial charge in [-0.15, -0.1) is 0 Å². The molecular formula is C29H27N3O5. The van der Waals surface area contributed by atoms with E-state index in [9.17, 15) is 14.4 Å². The van der Waals surface area contributed by atoms with Crippen LogP contribution in [0.5, 0.6) is 11.5 Å². The Bertz CT molecular complexity index is 1440. The van der Waals surface area contributed by atoms with Crippen molar-refractivity contribution in [2.24, 2.45) is 0 Å². The standard InChI is InChI=1S/C29H27N3O5/c1-36-25-11-9-20(14-26(25)37-21-4-2-3-5-21)31-16-18-7-6-17(12-23(18)28(31)34)15-32-27(33)22-10-8-19(30)13-24(22)29(32)35/h6-14,21H,2-5,15-16,30H2,1H3. The number of fused-ring (bicyclic) bond motifs is 2. The van der Waals surface area contributed by atoms with Gasteiger partial charge in [0, 0.05) is 23.0 Å². The number of carbonyl (C=O) groups is 3. The molecule has 0 bridgehead atoms. The van der Waals surface area contributed by atoms with Crippen molar-refractivity contribution in [1.82, 2.24) is 4.90 Å². The van der Waals surface area contributed by atoms with Gasteiger partial charge in [0.25, 0.3) is 17.7 Å². The highest BCUT2D eigenvalue weighted by molar-refractivity contribution is 6.21. The first-order valence-corrected chi connectivity index (χ1v) is 12.5. The molecular weight excluding hydrogens is 470 g/mol. The summed E-state index contributed by atoms with van der Waals surface area (Å²) in [6.07, 6.45) is 4.51. The smallest absolute Gasteiger partial charge is 0.261 e. The first kappa shape index (κ1) is 23.1. The summed E-state index contributed by atoms with van der Waals surface area (Å²) in [5.41, 5.74) is 9.77. The predicted octanol–water partition coefficient (Wildman–Crippen LogP) is 4.56. The number of methoxy groups -OCH3 is 1. The van der Waals surface area contributed by atoms with Crippen molar-refractivity contribution in [3.05, 3.63) is 82.4 Å². The van der Waals surface area contributed by atoms with Crippen molar-refractivity contribution in [3.8, 4) is 11.5 Å². The zero-order chi connectivity index (χ0) is 25.7. The highest BCUT2D eigenvalue weighted by atomic mass is 16.5. The van der Waals surface area contributed by atoms with E-state index in [1.54, 1.807) is 30.2 Å². The fourth-order valence-electron chi connectivity index (χ4n) is 5.40. The first-order valence-electron chi connectivity index (χ1n) is 12.5. The molecule has 188 valence electrons. The molecule has 0 aromatic heterocycles. The van der Waals surface area contributed by atoms with Crippen LogP contribution in [0.25, 0.3) is 0 Å². The van der Waals surface area contributed by atoms with E-state index in [1.165, 1.54) is 11.0 Å². The van der Waals surface area contributed by atoms with E-state index >= 15 is 0 Å².